The highest BCUT2D eigenvalue weighted by atomic mass is 16.5. The van der Waals surface area contributed by atoms with Gasteiger partial charge in [0.2, 0.25) is 17.7 Å². The lowest BCUT2D eigenvalue weighted by Crippen LogP contribution is -2.58. The number of rotatable bonds is 4. The number of carbonyl (C=O) groups is 3. The summed E-state index contributed by atoms with van der Waals surface area (Å²) in [5.74, 6) is 0.191. The Hall–Kier alpha value is -2.61. The Morgan fingerprint density at radius 3 is 2.34 bits per heavy atom. The Morgan fingerprint density at radius 2 is 1.66 bits per heavy atom. The van der Waals surface area contributed by atoms with E-state index >= 15 is 0 Å². The van der Waals surface area contributed by atoms with Crippen molar-refractivity contribution in [1.29, 1.82) is 0 Å². The average Bonchev–Trinajstić information content (AvgIpc) is 2.87. The summed E-state index contributed by atoms with van der Waals surface area (Å²) in [6.07, 6.45) is 3.08. The maximum absolute atomic E-state index is 13.4. The number of amides is 3. The SMILES string of the molecule is CC[C@H](C)[C@@H]1NCCOc2ccccc2CCCNC(=O)[C@@H]([C@@H](C)CC)NC(=O)[C@@H](C)N(C)C1=O. The highest BCUT2D eigenvalue weighted by Gasteiger charge is 2.33. The fourth-order valence-corrected chi connectivity index (χ4v) is 4.16. The Balaban J connectivity index is 2.30. The lowest BCUT2D eigenvalue weighted by molar-refractivity contribution is -0.142. The molecule has 2 rings (SSSR count). The molecule has 0 aromatic heterocycles. The fraction of sp³-hybridized carbons (Fsp3) is 0.667. The third-order valence-electron chi connectivity index (χ3n) is 7.20. The lowest BCUT2D eigenvalue weighted by Gasteiger charge is -2.33. The largest absolute Gasteiger partial charge is 0.492 e. The number of hydrogen-bond donors (Lipinski definition) is 3. The van der Waals surface area contributed by atoms with Crippen molar-refractivity contribution in [3.8, 4) is 5.75 Å². The number of para-hydroxylation sites is 1. The summed E-state index contributed by atoms with van der Waals surface area (Å²) in [5.41, 5.74) is 1.08. The monoisotopic (exact) mass is 488 g/mol. The molecule has 0 unspecified atom stereocenters. The predicted molar refractivity (Wildman–Crippen MR) is 138 cm³/mol. The van der Waals surface area contributed by atoms with E-state index < -0.39 is 18.1 Å². The second-order valence-electron chi connectivity index (χ2n) is 9.67. The van der Waals surface area contributed by atoms with Crippen LogP contribution in [0.3, 0.4) is 0 Å². The quantitative estimate of drug-likeness (QED) is 0.605. The molecule has 0 spiro atoms. The van der Waals surface area contributed by atoms with Gasteiger partial charge in [0, 0.05) is 20.1 Å². The van der Waals surface area contributed by atoms with Crippen LogP contribution >= 0.6 is 0 Å². The molecule has 1 heterocycles. The Bertz CT molecular complexity index is 846. The summed E-state index contributed by atoms with van der Waals surface area (Å²) in [6, 6.07) is 6.11. The van der Waals surface area contributed by atoms with Gasteiger partial charge in [-0.2, -0.15) is 0 Å². The summed E-state index contributed by atoms with van der Waals surface area (Å²) in [4.78, 5) is 41.0. The van der Waals surface area contributed by atoms with Gasteiger partial charge in [-0.05, 0) is 43.2 Å². The van der Waals surface area contributed by atoms with Crippen LogP contribution < -0.4 is 20.7 Å². The minimum absolute atomic E-state index is 0.0404. The molecule has 0 radical (unpaired) electrons. The van der Waals surface area contributed by atoms with E-state index in [1.54, 1.807) is 14.0 Å². The van der Waals surface area contributed by atoms with Gasteiger partial charge >= 0.3 is 0 Å². The van der Waals surface area contributed by atoms with Gasteiger partial charge in [-0.15, -0.1) is 0 Å². The van der Waals surface area contributed by atoms with Gasteiger partial charge in [-0.1, -0.05) is 58.7 Å². The number of ether oxygens (including phenoxy) is 1. The smallest absolute Gasteiger partial charge is 0.243 e. The summed E-state index contributed by atoms with van der Waals surface area (Å²) < 4.78 is 6.04. The molecule has 196 valence electrons. The molecule has 8 nitrogen and oxygen atoms in total. The van der Waals surface area contributed by atoms with Crippen molar-refractivity contribution in [2.45, 2.75) is 78.4 Å². The molecule has 0 aliphatic carbocycles. The molecule has 0 saturated carbocycles. The van der Waals surface area contributed by atoms with Crippen LogP contribution in [0.5, 0.6) is 5.75 Å². The minimum atomic E-state index is -0.711. The van der Waals surface area contributed by atoms with Gasteiger partial charge in [-0.3, -0.25) is 14.4 Å². The number of nitrogens with one attached hydrogen (secondary N) is 3. The average molecular weight is 489 g/mol. The van der Waals surface area contributed by atoms with E-state index in [0.29, 0.717) is 19.7 Å². The van der Waals surface area contributed by atoms with Crippen LogP contribution in [0.2, 0.25) is 0 Å². The molecular formula is C27H44N4O4. The zero-order chi connectivity index (χ0) is 26.0. The molecule has 1 aliphatic rings. The molecule has 35 heavy (non-hydrogen) atoms. The van der Waals surface area contributed by atoms with Crippen LogP contribution in [0.15, 0.2) is 24.3 Å². The van der Waals surface area contributed by atoms with E-state index in [1.807, 2.05) is 52.0 Å². The number of carbonyl (C=O) groups excluding carboxylic acids is 3. The highest BCUT2D eigenvalue weighted by molar-refractivity contribution is 5.93. The third kappa shape index (κ3) is 7.95. The van der Waals surface area contributed by atoms with E-state index in [1.165, 1.54) is 4.90 Å². The number of nitrogens with zero attached hydrogens (tertiary/aromatic N) is 1. The maximum atomic E-state index is 13.4. The first-order valence-electron chi connectivity index (χ1n) is 13.0. The van der Waals surface area contributed by atoms with E-state index in [9.17, 15) is 14.4 Å². The Kier molecular flexibility index (Phi) is 11.5. The van der Waals surface area contributed by atoms with Crippen molar-refractivity contribution in [1.82, 2.24) is 20.9 Å². The lowest BCUT2D eigenvalue weighted by atomic mass is 9.96. The van der Waals surface area contributed by atoms with Crippen LogP contribution in [0.1, 0.15) is 59.4 Å². The molecule has 5 atom stereocenters. The molecule has 0 bridgehead atoms. The fourth-order valence-electron chi connectivity index (χ4n) is 4.16. The van der Waals surface area contributed by atoms with Gasteiger partial charge in [0.05, 0.1) is 6.04 Å². The maximum Gasteiger partial charge on any atom is 0.243 e. The van der Waals surface area contributed by atoms with Gasteiger partial charge in [0.1, 0.15) is 24.4 Å². The Morgan fingerprint density at radius 1 is 1.00 bits per heavy atom. The molecule has 0 fully saturated rings. The summed E-state index contributed by atoms with van der Waals surface area (Å²) in [6.45, 7) is 11.1. The van der Waals surface area contributed by atoms with Crippen LogP contribution in [0.25, 0.3) is 0 Å². The predicted octanol–water partition coefficient (Wildman–Crippen LogP) is 2.51. The first-order chi connectivity index (χ1) is 16.7. The van der Waals surface area contributed by atoms with Crippen molar-refractivity contribution in [2.24, 2.45) is 11.8 Å². The number of hydrogen-bond acceptors (Lipinski definition) is 5. The number of fused-ring (bicyclic) bond motifs is 1. The third-order valence-corrected chi connectivity index (χ3v) is 7.20. The van der Waals surface area contributed by atoms with E-state index in [0.717, 1.165) is 37.0 Å². The van der Waals surface area contributed by atoms with E-state index in [4.69, 9.17) is 4.74 Å². The zero-order valence-electron chi connectivity index (χ0n) is 22.2. The minimum Gasteiger partial charge on any atom is -0.492 e. The van der Waals surface area contributed by atoms with E-state index in [2.05, 4.69) is 16.0 Å². The van der Waals surface area contributed by atoms with Crippen LogP contribution in [0.4, 0.5) is 0 Å². The van der Waals surface area contributed by atoms with Gasteiger partial charge in [0.15, 0.2) is 0 Å². The Labute approximate surface area is 210 Å². The highest BCUT2D eigenvalue weighted by Crippen LogP contribution is 2.20. The van der Waals surface area contributed by atoms with Crippen molar-refractivity contribution in [2.75, 3.05) is 26.7 Å². The van der Waals surface area contributed by atoms with Gasteiger partial charge < -0.3 is 25.6 Å². The second-order valence-corrected chi connectivity index (χ2v) is 9.67. The van der Waals surface area contributed by atoms with Gasteiger partial charge in [0.25, 0.3) is 0 Å². The zero-order valence-corrected chi connectivity index (χ0v) is 22.2. The van der Waals surface area contributed by atoms with Crippen molar-refractivity contribution in [3.05, 3.63) is 29.8 Å². The second kappa shape index (κ2) is 14.1. The van der Waals surface area contributed by atoms with Gasteiger partial charge in [-0.25, -0.2) is 0 Å². The van der Waals surface area contributed by atoms with Crippen molar-refractivity contribution in [3.63, 3.8) is 0 Å². The first-order valence-corrected chi connectivity index (χ1v) is 13.0. The molecule has 1 aliphatic heterocycles. The summed E-state index contributed by atoms with van der Waals surface area (Å²) in [5, 5.41) is 9.25. The van der Waals surface area contributed by atoms with Crippen LogP contribution in [0, 0.1) is 11.8 Å². The molecule has 0 saturated heterocycles. The summed E-state index contributed by atoms with van der Waals surface area (Å²) in [7, 11) is 1.65. The van der Waals surface area contributed by atoms with Crippen molar-refractivity contribution < 1.29 is 19.1 Å². The standard InChI is InChI=1S/C27H44N4O4/c1-7-18(3)23-26(33)29-15-11-13-21-12-9-10-14-22(21)35-17-16-28-24(19(4)8-2)27(34)31(6)20(5)25(32)30-23/h9-10,12,14,18-20,23-24,28H,7-8,11,13,15-17H2,1-6H3,(H,29,33)(H,30,32)/t18-,19-,20+,23+,24-/m0/s1. The molecular weight excluding hydrogens is 444 g/mol. The molecule has 3 amide bonds. The van der Waals surface area contributed by atoms with Crippen LogP contribution in [-0.4, -0.2) is 67.5 Å². The summed E-state index contributed by atoms with van der Waals surface area (Å²) >= 11 is 0. The molecule has 8 heteroatoms. The normalized spacial score (nSPS) is 25.3. The topological polar surface area (TPSA) is 99.8 Å². The number of aryl methyl sites for hydroxylation is 1. The first kappa shape index (κ1) is 28.6. The van der Waals surface area contributed by atoms with Crippen molar-refractivity contribution >= 4 is 17.7 Å². The number of likely N-dealkylation sites (N-methyl/N-ethyl adjacent to an activating group) is 1. The molecule has 1 aromatic rings. The van der Waals surface area contributed by atoms with Crippen LogP contribution in [-0.2, 0) is 20.8 Å². The number of benzene rings is 1. The van der Waals surface area contributed by atoms with E-state index in [-0.39, 0.29) is 29.6 Å². The molecule has 3 N–H and O–H groups in total. The molecule has 1 aromatic carbocycles.